The Kier molecular flexibility index (Phi) is 4.23. The molecule has 1 fully saturated rings. The van der Waals surface area contributed by atoms with Gasteiger partial charge in [0.2, 0.25) is 0 Å². The highest BCUT2D eigenvalue weighted by molar-refractivity contribution is 5.93. The van der Waals surface area contributed by atoms with Crippen LogP contribution < -0.4 is 4.90 Å². The number of carbonyl (C=O) groups is 1. The van der Waals surface area contributed by atoms with E-state index in [1.807, 2.05) is 25.4 Å². The average molecular weight is 411 g/mol. The maximum absolute atomic E-state index is 13.0. The third-order valence-corrected chi connectivity index (χ3v) is 5.40. The zero-order valence-electron chi connectivity index (χ0n) is 16.3. The molecule has 0 saturated carbocycles. The predicted molar refractivity (Wildman–Crippen MR) is 104 cm³/mol. The molecule has 5 rings (SSSR count). The number of rotatable bonds is 3. The van der Waals surface area contributed by atoms with Crippen molar-refractivity contribution in [2.24, 2.45) is 0 Å². The number of hydrogen-bond acceptors (Lipinski definition) is 6. The molecule has 10 heteroatoms. The molecule has 0 unspecified atom stereocenters. The number of aryl methyl sites for hydroxylation is 1. The Hall–Kier alpha value is -3.43. The molecule has 0 bridgehead atoms. The molecule has 2 aliphatic rings. The summed E-state index contributed by atoms with van der Waals surface area (Å²) in [5.74, 6) is -2.64. The van der Waals surface area contributed by atoms with Crippen LogP contribution in [0.4, 0.5) is 14.6 Å². The number of pyridine rings is 1. The van der Waals surface area contributed by atoms with Crippen molar-refractivity contribution in [1.29, 1.82) is 0 Å². The van der Waals surface area contributed by atoms with Gasteiger partial charge in [-0.05, 0) is 36.2 Å². The lowest BCUT2D eigenvalue weighted by atomic mass is 10.0. The highest BCUT2D eigenvalue weighted by Gasteiger charge is 2.46. The lowest BCUT2D eigenvalue weighted by Gasteiger charge is -2.38. The van der Waals surface area contributed by atoms with Gasteiger partial charge in [0.05, 0.1) is 25.0 Å². The Morgan fingerprint density at radius 2 is 2.03 bits per heavy atom. The van der Waals surface area contributed by atoms with Crippen LogP contribution in [0.1, 0.15) is 27.3 Å². The van der Waals surface area contributed by atoms with Crippen LogP contribution in [0.5, 0.6) is 0 Å². The summed E-state index contributed by atoms with van der Waals surface area (Å²) in [6, 6.07) is 5.54. The van der Waals surface area contributed by atoms with Gasteiger partial charge in [-0.3, -0.25) is 9.78 Å². The van der Waals surface area contributed by atoms with Crippen molar-refractivity contribution in [1.82, 2.24) is 29.9 Å². The fourth-order valence-corrected chi connectivity index (χ4v) is 3.85. The molecule has 1 saturated heterocycles. The number of aromatic nitrogens is 5. The minimum Gasteiger partial charge on any atom is -0.350 e. The lowest BCUT2D eigenvalue weighted by molar-refractivity contribution is -0.113. The van der Waals surface area contributed by atoms with Crippen LogP contribution in [0.2, 0.25) is 0 Å². The standard InChI is InChI=1S/C20H19F2N7O/c1-13-7-17(19(30)28-11-20(21,22)12-28)25-26-18(13)27-6-3-16-14(10-27)8-15(9-23-16)29-5-2-4-24-29/h2,4-5,7-9H,3,6,10-12H2,1H3. The first-order valence-electron chi connectivity index (χ1n) is 9.64. The van der Waals surface area contributed by atoms with Crippen LogP contribution in [0, 0.1) is 6.92 Å². The Morgan fingerprint density at radius 3 is 2.73 bits per heavy atom. The summed E-state index contributed by atoms with van der Waals surface area (Å²) in [5.41, 5.74) is 3.87. The minimum absolute atomic E-state index is 0.0896. The second-order valence-electron chi connectivity index (χ2n) is 7.67. The summed E-state index contributed by atoms with van der Waals surface area (Å²) in [4.78, 5) is 20.1. The van der Waals surface area contributed by atoms with Gasteiger partial charge in [-0.25, -0.2) is 13.5 Å². The van der Waals surface area contributed by atoms with E-state index >= 15 is 0 Å². The maximum atomic E-state index is 13.0. The zero-order valence-corrected chi connectivity index (χ0v) is 16.3. The zero-order chi connectivity index (χ0) is 20.9. The second kappa shape index (κ2) is 6.82. The molecule has 30 heavy (non-hydrogen) atoms. The van der Waals surface area contributed by atoms with Gasteiger partial charge in [0.15, 0.2) is 11.5 Å². The molecule has 2 aliphatic heterocycles. The number of nitrogens with zero attached hydrogens (tertiary/aromatic N) is 7. The van der Waals surface area contributed by atoms with Crippen LogP contribution in [0.3, 0.4) is 0 Å². The number of likely N-dealkylation sites (tertiary alicyclic amines) is 1. The Balaban J connectivity index is 1.35. The summed E-state index contributed by atoms with van der Waals surface area (Å²) in [5, 5.41) is 12.5. The van der Waals surface area contributed by atoms with E-state index in [1.165, 1.54) is 0 Å². The molecule has 154 valence electrons. The van der Waals surface area contributed by atoms with Gasteiger partial charge in [0.1, 0.15) is 0 Å². The molecule has 3 aromatic heterocycles. The fraction of sp³-hybridized carbons (Fsp3) is 0.350. The Bertz CT molecular complexity index is 1110. The number of fused-ring (bicyclic) bond motifs is 1. The third-order valence-electron chi connectivity index (χ3n) is 5.40. The SMILES string of the molecule is Cc1cc(C(=O)N2CC(F)(F)C2)nnc1N1CCc2ncc(-n3cccn3)cc2C1. The number of amides is 1. The van der Waals surface area contributed by atoms with E-state index in [-0.39, 0.29) is 5.69 Å². The molecule has 3 aromatic rings. The van der Waals surface area contributed by atoms with E-state index < -0.39 is 24.9 Å². The maximum Gasteiger partial charge on any atom is 0.282 e. The summed E-state index contributed by atoms with van der Waals surface area (Å²) in [7, 11) is 0. The van der Waals surface area contributed by atoms with Gasteiger partial charge in [-0.1, -0.05) is 0 Å². The summed E-state index contributed by atoms with van der Waals surface area (Å²) < 4.78 is 27.8. The minimum atomic E-state index is -2.80. The first-order chi connectivity index (χ1) is 14.4. The third kappa shape index (κ3) is 3.27. The molecule has 0 radical (unpaired) electrons. The first-order valence-corrected chi connectivity index (χ1v) is 9.64. The van der Waals surface area contributed by atoms with Crippen molar-refractivity contribution in [2.75, 3.05) is 24.5 Å². The average Bonchev–Trinajstić information content (AvgIpc) is 3.25. The van der Waals surface area contributed by atoms with Crippen molar-refractivity contribution in [3.8, 4) is 5.69 Å². The van der Waals surface area contributed by atoms with Gasteiger partial charge in [0.25, 0.3) is 11.8 Å². The largest absolute Gasteiger partial charge is 0.350 e. The van der Waals surface area contributed by atoms with Crippen LogP contribution in [0.15, 0.2) is 36.8 Å². The molecule has 0 aliphatic carbocycles. The second-order valence-corrected chi connectivity index (χ2v) is 7.67. The van der Waals surface area contributed by atoms with Crippen molar-refractivity contribution in [3.63, 3.8) is 0 Å². The molecule has 0 N–H and O–H groups in total. The summed E-state index contributed by atoms with van der Waals surface area (Å²) >= 11 is 0. The molecule has 5 heterocycles. The highest BCUT2D eigenvalue weighted by Crippen LogP contribution is 2.29. The van der Waals surface area contributed by atoms with Crippen molar-refractivity contribution in [3.05, 3.63) is 59.3 Å². The number of alkyl halides is 2. The van der Waals surface area contributed by atoms with Crippen molar-refractivity contribution < 1.29 is 13.6 Å². The van der Waals surface area contributed by atoms with E-state index in [4.69, 9.17) is 0 Å². The van der Waals surface area contributed by atoms with Gasteiger partial charge in [-0.2, -0.15) is 5.10 Å². The first kappa shape index (κ1) is 18.6. The topological polar surface area (TPSA) is 80.0 Å². The number of anilines is 1. The van der Waals surface area contributed by atoms with Gasteiger partial charge in [0, 0.05) is 37.6 Å². The van der Waals surface area contributed by atoms with Crippen LogP contribution in [0.25, 0.3) is 5.69 Å². The molecule has 0 atom stereocenters. The van der Waals surface area contributed by atoms with Crippen LogP contribution in [-0.4, -0.2) is 61.3 Å². The van der Waals surface area contributed by atoms with E-state index in [9.17, 15) is 13.6 Å². The molecule has 1 amide bonds. The van der Waals surface area contributed by atoms with E-state index in [2.05, 4.69) is 31.2 Å². The number of halogens is 2. The molecule has 8 nitrogen and oxygen atoms in total. The van der Waals surface area contributed by atoms with Crippen molar-refractivity contribution in [2.45, 2.75) is 25.8 Å². The van der Waals surface area contributed by atoms with E-state index in [1.54, 1.807) is 16.9 Å². The van der Waals surface area contributed by atoms with Gasteiger partial charge in [-0.15, -0.1) is 10.2 Å². The summed E-state index contributed by atoms with van der Waals surface area (Å²) in [6.45, 7) is 2.05. The van der Waals surface area contributed by atoms with Crippen LogP contribution >= 0.6 is 0 Å². The van der Waals surface area contributed by atoms with Gasteiger partial charge < -0.3 is 9.80 Å². The Morgan fingerprint density at radius 1 is 1.20 bits per heavy atom. The Labute approximate surface area is 171 Å². The molecular weight excluding hydrogens is 392 g/mol. The normalized spacial score (nSPS) is 17.4. The van der Waals surface area contributed by atoms with E-state index in [0.29, 0.717) is 12.4 Å². The van der Waals surface area contributed by atoms with E-state index in [0.717, 1.165) is 40.4 Å². The smallest absolute Gasteiger partial charge is 0.282 e. The molecule has 0 aromatic carbocycles. The molecule has 0 spiro atoms. The summed E-state index contributed by atoms with van der Waals surface area (Å²) in [6.07, 6.45) is 6.16. The lowest BCUT2D eigenvalue weighted by Crippen LogP contribution is -2.58. The number of carbonyl (C=O) groups excluding carboxylic acids is 1. The van der Waals surface area contributed by atoms with Crippen molar-refractivity contribution >= 4 is 11.7 Å². The fourth-order valence-electron chi connectivity index (χ4n) is 3.85. The highest BCUT2D eigenvalue weighted by atomic mass is 19.3. The predicted octanol–water partition coefficient (Wildman–Crippen LogP) is 2.02. The molecular formula is C20H19F2N7O. The van der Waals surface area contributed by atoms with Gasteiger partial charge >= 0.3 is 0 Å². The monoisotopic (exact) mass is 411 g/mol. The quantitative estimate of drug-likeness (QED) is 0.656. The van der Waals surface area contributed by atoms with Crippen LogP contribution in [-0.2, 0) is 13.0 Å². The number of hydrogen-bond donors (Lipinski definition) is 0.